The molecular weight excluding hydrogens is 365 g/mol. The zero-order chi connectivity index (χ0) is 18.5. The number of nitrogens with zero attached hydrogens (tertiary/aromatic N) is 5. The summed E-state index contributed by atoms with van der Waals surface area (Å²) in [4.78, 5) is 9.36. The van der Waals surface area contributed by atoms with E-state index in [0.717, 1.165) is 11.6 Å². The highest BCUT2D eigenvalue weighted by molar-refractivity contribution is 7.65. The Morgan fingerprint density at radius 1 is 0.464 bits per heavy atom. The van der Waals surface area contributed by atoms with Gasteiger partial charge in [-0.05, 0) is 48.5 Å². The molecule has 0 atom stereocenters. The molecule has 6 heteroatoms. The van der Waals surface area contributed by atoms with Crippen LogP contribution >= 0.6 is 8.37 Å². The van der Waals surface area contributed by atoms with Gasteiger partial charge in [0.15, 0.2) is 0 Å². The van der Waals surface area contributed by atoms with E-state index in [1.54, 1.807) is 0 Å². The molecule has 0 spiro atoms. The summed E-state index contributed by atoms with van der Waals surface area (Å²) in [6.07, 6.45) is 3.70. The third-order valence-electron chi connectivity index (χ3n) is 4.95. The number of hydrogen-bond acceptors (Lipinski definition) is 5. The molecule has 4 aromatic rings. The first-order chi connectivity index (χ1) is 13.9. The third kappa shape index (κ3) is 2.11. The molecule has 2 aromatic carbocycles. The molecule has 134 valence electrons. The topological polar surface area (TPSA) is 35.5 Å². The summed E-state index contributed by atoms with van der Waals surface area (Å²) in [5.74, 6) is 1.88. The Morgan fingerprint density at radius 2 is 0.857 bits per heavy atom. The van der Waals surface area contributed by atoms with Crippen LogP contribution in [0.2, 0.25) is 0 Å². The Hall–Kier alpha value is -3.43. The van der Waals surface area contributed by atoms with Crippen LogP contribution in [0.1, 0.15) is 0 Å². The molecule has 4 heterocycles. The van der Waals surface area contributed by atoms with E-state index in [2.05, 4.69) is 84.6 Å². The van der Waals surface area contributed by atoms with Crippen molar-refractivity contribution in [2.75, 3.05) is 14.0 Å². The lowest BCUT2D eigenvalue weighted by molar-refractivity contribution is 1.22. The Morgan fingerprint density at radius 3 is 1.25 bits per heavy atom. The normalized spacial score (nSPS) is 14.8. The second-order valence-corrected chi connectivity index (χ2v) is 8.29. The maximum atomic E-state index is 4.68. The quantitative estimate of drug-likeness (QED) is 0.390. The average Bonchev–Trinajstić information content (AvgIpc) is 3.27. The number of para-hydroxylation sites is 4. The van der Waals surface area contributed by atoms with Crippen molar-refractivity contribution >= 4 is 42.8 Å². The first kappa shape index (κ1) is 15.6. The van der Waals surface area contributed by atoms with E-state index < -0.39 is 8.37 Å². The summed E-state index contributed by atoms with van der Waals surface area (Å²) in [5, 5.41) is 0. The van der Waals surface area contributed by atoms with Gasteiger partial charge < -0.3 is 0 Å². The van der Waals surface area contributed by atoms with Crippen molar-refractivity contribution in [1.29, 1.82) is 0 Å². The molecule has 0 unspecified atom stereocenters. The molecular formula is C22H16N5P. The summed E-state index contributed by atoms with van der Waals surface area (Å²) in [7, 11) is -0.951. The molecule has 0 aliphatic carbocycles. The van der Waals surface area contributed by atoms with Gasteiger partial charge >= 0.3 is 0 Å². The van der Waals surface area contributed by atoms with Gasteiger partial charge in [0.05, 0.1) is 22.7 Å². The molecule has 5 nitrogen and oxygen atoms in total. The largest absolute Gasteiger partial charge is 0.281 e. The van der Waals surface area contributed by atoms with Crippen molar-refractivity contribution in [1.82, 2.24) is 9.97 Å². The number of fused-ring (bicyclic) bond motifs is 5. The summed E-state index contributed by atoms with van der Waals surface area (Å²) in [6.45, 7) is 0. The van der Waals surface area contributed by atoms with E-state index in [1.807, 2.05) is 36.7 Å². The van der Waals surface area contributed by atoms with Gasteiger partial charge in [-0.2, -0.15) is 0 Å². The Bertz CT molecular complexity index is 1030. The lowest BCUT2D eigenvalue weighted by Gasteiger charge is -2.32. The zero-order valence-corrected chi connectivity index (χ0v) is 15.8. The molecule has 2 aromatic heterocycles. The highest BCUT2D eigenvalue weighted by Crippen LogP contribution is 2.74. The van der Waals surface area contributed by atoms with Gasteiger partial charge in [-0.1, -0.05) is 36.4 Å². The first-order valence-electron chi connectivity index (χ1n) is 9.14. The molecule has 0 amide bonds. The summed E-state index contributed by atoms with van der Waals surface area (Å²) in [5.41, 5.74) is 4.74. The molecule has 6 rings (SSSR count). The minimum Gasteiger partial charge on any atom is -0.281 e. The van der Waals surface area contributed by atoms with Gasteiger partial charge in [-0.15, -0.1) is 0 Å². The van der Waals surface area contributed by atoms with Crippen LogP contribution in [0.25, 0.3) is 0 Å². The van der Waals surface area contributed by atoms with E-state index in [9.17, 15) is 0 Å². The van der Waals surface area contributed by atoms with Gasteiger partial charge in [0.1, 0.15) is 11.6 Å². The molecule has 0 fully saturated rings. The van der Waals surface area contributed by atoms with Crippen LogP contribution in [0.4, 0.5) is 34.4 Å². The fraction of sp³-hybridized carbons (Fsp3) is 0. The second kappa shape index (κ2) is 6.04. The smallest absolute Gasteiger partial charge is 0.225 e. The maximum absolute atomic E-state index is 4.68. The number of anilines is 6. The number of rotatable bonds is 2. The number of pyridine rings is 2. The summed E-state index contributed by atoms with van der Waals surface area (Å²) >= 11 is 0. The van der Waals surface area contributed by atoms with E-state index in [1.165, 1.54) is 22.7 Å². The van der Waals surface area contributed by atoms with E-state index in [0.29, 0.717) is 0 Å². The molecule has 0 N–H and O–H groups in total. The van der Waals surface area contributed by atoms with Crippen LogP contribution in [0.5, 0.6) is 0 Å². The van der Waals surface area contributed by atoms with Gasteiger partial charge in [-0.25, -0.2) is 9.97 Å². The first-order valence-corrected chi connectivity index (χ1v) is 10.3. The van der Waals surface area contributed by atoms with Gasteiger partial charge in [0.25, 0.3) is 0 Å². The molecule has 0 radical (unpaired) electrons. The average molecular weight is 381 g/mol. The van der Waals surface area contributed by atoms with Crippen LogP contribution in [0.3, 0.4) is 0 Å². The maximum Gasteiger partial charge on any atom is 0.225 e. The molecule has 2 aliphatic rings. The minimum atomic E-state index is -0.951. The fourth-order valence-electron chi connectivity index (χ4n) is 3.82. The van der Waals surface area contributed by atoms with Crippen molar-refractivity contribution < 1.29 is 0 Å². The monoisotopic (exact) mass is 381 g/mol. The van der Waals surface area contributed by atoms with Gasteiger partial charge in [-0.3, -0.25) is 14.0 Å². The second-order valence-electron chi connectivity index (χ2n) is 6.56. The lowest BCUT2D eigenvalue weighted by Crippen LogP contribution is -2.21. The predicted octanol–water partition coefficient (Wildman–Crippen LogP) is 6.15. The van der Waals surface area contributed by atoms with Crippen molar-refractivity contribution in [3.05, 3.63) is 97.3 Å². The highest BCUT2D eigenvalue weighted by Gasteiger charge is 2.50. The van der Waals surface area contributed by atoms with Crippen LogP contribution < -0.4 is 14.0 Å². The van der Waals surface area contributed by atoms with Crippen LogP contribution in [0, 0.1) is 0 Å². The van der Waals surface area contributed by atoms with Crippen molar-refractivity contribution in [3.63, 3.8) is 0 Å². The van der Waals surface area contributed by atoms with Gasteiger partial charge in [0, 0.05) is 12.4 Å². The van der Waals surface area contributed by atoms with Crippen LogP contribution in [0.15, 0.2) is 97.3 Å². The number of aromatic nitrogens is 2. The van der Waals surface area contributed by atoms with Crippen molar-refractivity contribution in [2.24, 2.45) is 0 Å². The number of benzene rings is 2. The number of hydrogen-bond donors (Lipinski definition) is 0. The van der Waals surface area contributed by atoms with Crippen LogP contribution in [-0.4, -0.2) is 9.97 Å². The van der Waals surface area contributed by atoms with E-state index in [4.69, 9.17) is 0 Å². The highest BCUT2D eigenvalue weighted by atomic mass is 31.2. The Balaban J connectivity index is 1.63. The fourth-order valence-corrected chi connectivity index (χ4v) is 6.40. The Kier molecular flexibility index (Phi) is 3.37. The summed E-state index contributed by atoms with van der Waals surface area (Å²) < 4.78 is 7.13. The van der Waals surface area contributed by atoms with Gasteiger partial charge in [0.2, 0.25) is 8.37 Å². The van der Waals surface area contributed by atoms with E-state index in [-0.39, 0.29) is 0 Å². The standard InChI is InChI=1S/C22H16N5P/c1-3-11-19-17(9-1)25-18-10-2-4-12-20(18)27(22-14-6-8-16-24-22)28(25)26(19)21-13-5-7-15-23-21/h1-16H. The lowest BCUT2D eigenvalue weighted by atomic mass is 10.2. The molecule has 0 saturated carbocycles. The zero-order valence-electron chi connectivity index (χ0n) is 14.9. The van der Waals surface area contributed by atoms with Crippen molar-refractivity contribution in [3.8, 4) is 0 Å². The van der Waals surface area contributed by atoms with Crippen LogP contribution in [-0.2, 0) is 0 Å². The minimum absolute atomic E-state index is 0.942. The molecule has 28 heavy (non-hydrogen) atoms. The third-order valence-corrected chi connectivity index (χ3v) is 7.29. The van der Waals surface area contributed by atoms with E-state index >= 15 is 0 Å². The van der Waals surface area contributed by atoms with Crippen molar-refractivity contribution in [2.45, 2.75) is 0 Å². The molecule has 2 aliphatic heterocycles. The Labute approximate surface area is 164 Å². The SMILES string of the molecule is c1ccc(N2c3ccccc3N3c4ccccc4N(c4ccccn4)P23)nc1. The molecule has 0 bridgehead atoms. The summed E-state index contributed by atoms with van der Waals surface area (Å²) in [6, 6.07) is 29.2. The molecule has 0 saturated heterocycles. The predicted molar refractivity (Wildman–Crippen MR) is 115 cm³/mol.